The molecule has 0 radical (unpaired) electrons. The summed E-state index contributed by atoms with van der Waals surface area (Å²) in [4.78, 5) is 0. The van der Waals surface area contributed by atoms with Crippen LogP contribution < -0.4 is 0 Å². The lowest BCUT2D eigenvalue weighted by Crippen LogP contribution is -2.24. The monoisotopic (exact) mass is 316 g/mol. The van der Waals surface area contributed by atoms with Crippen molar-refractivity contribution < 1.29 is 0 Å². The lowest BCUT2D eigenvalue weighted by molar-refractivity contribution is 0.533. The Labute approximate surface area is 147 Å². The molecule has 0 nitrogen and oxygen atoms in total. The molecule has 2 aromatic carbocycles. The fraction of sp³-hybridized carbons (Fsp3) is 0.417. The number of hydrogen-bond acceptors (Lipinski definition) is 0. The smallest absolute Gasteiger partial charge is 0.0483 e. The molecule has 0 amide bonds. The standard InChI is InChI=1S/C24H28/c1-9-13-17-18-15-11-12-16-20(18)22(24(6,7)8)21(23(3,4)5)19(17)14-10-2/h11-12,15-16H,1-8H3. The van der Waals surface area contributed by atoms with Gasteiger partial charge in [0.15, 0.2) is 0 Å². The average molecular weight is 316 g/mol. The first kappa shape index (κ1) is 18.2. The van der Waals surface area contributed by atoms with Crippen LogP contribution in [-0.4, -0.2) is 0 Å². The topological polar surface area (TPSA) is 0 Å². The summed E-state index contributed by atoms with van der Waals surface area (Å²) in [5.74, 6) is 12.9. The predicted molar refractivity (Wildman–Crippen MR) is 106 cm³/mol. The van der Waals surface area contributed by atoms with Crippen molar-refractivity contribution in [3.63, 3.8) is 0 Å². The molecule has 2 aromatic rings. The molecule has 0 saturated carbocycles. The van der Waals surface area contributed by atoms with Gasteiger partial charge in [-0.1, -0.05) is 77.6 Å². The maximum atomic E-state index is 3.39. The Morgan fingerprint density at radius 2 is 1.08 bits per heavy atom. The summed E-state index contributed by atoms with van der Waals surface area (Å²) in [6.45, 7) is 17.5. The van der Waals surface area contributed by atoms with Crippen molar-refractivity contribution in [3.05, 3.63) is 46.5 Å². The van der Waals surface area contributed by atoms with Gasteiger partial charge in [0.05, 0.1) is 0 Å². The van der Waals surface area contributed by atoms with Gasteiger partial charge in [0.1, 0.15) is 0 Å². The van der Waals surface area contributed by atoms with E-state index in [-0.39, 0.29) is 10.8 Å². The highest BCUT2D eigenvalue weighted by Crippen LogP contribution is 2.42. The molecule has 0 spiro atoms. The van der Waals surface area contributed by atoms with Gasteiger partial charge in [0, 0.05) is 11.1 Å². The second-order valence-electron chi connectivity index (χ2n) is 8.30. The molecule has 0 unspecified atom stereocenters. The van der Waals surface area contributed by atoms with E-state index in [0.717, 1.165) is 11.1 Å². The first-order valence-corrected chi connectivity index (χ1v) is 8.58. The Hall–Kier alpha value is -2.18. The maximum Gasteiger partial charge on any atom is 0.0483 e. The largest absolute Gasteiger partial charge is 0.101 e. The lowest BCUT2D eigenvalue weighted by atomic mass is 9.70. The van der Waals surface area contributed by atoms with Gasteiger partial charge in [-0.05, 0) is 46.6 Å². The lowest BCUT2D eigenvalue weighted by Gasteiger charge is -2.33. The summed E-state index contributed by atoms with van der Waals surface area (Å²) in [6.07, 6.45) is 0. The van der Waals surface area contributed by atoms with Crippen LogP contribution in [0.1, 0.15) is 77.6 Å². The van der Waals surface area contributed by atoms with Gasteiger partial charge in [-0.3, -0.25) is 0 Å². The molecule has 0 aliphatic rings. The van der Waals surface area contributed by atoms with Crippen molar-refractivity contribution in [2.45, 2.75) is 66.2 Å². The zero-order valence-electron chi connectivity index (χ0n) is 16.3. The van der Waals surface area contributed by atoms with Crippen LogP contribution in [0.2, 0.25) is 0 Å². The normalized spacial score (nSPS) is 11.5. The minimum Gasteiger partial charge on any atom is -0.101 e. The molecule has 24 heavy (non-hydrogen) atoms. The molecule has 0 heterocycles. The van der Waals surface area contributed by atoms with E-state index >= 15 is 0 Å². The summed E-state index contributed by atoms with van der Waals surface area (Å²) in [5.41, 5.74) is 4.93. The molecular formula is C24H28. The summed E-state index contributed by atoms with van der Waals surface area (Å²) in [6, 6.07) is 8.63. The van der Waals surface area contributed by atoms with Gasteiger partial charge in [-0.2, -0.15) is 0 Å². The highest BCUT2D eigenvalue weighted by molar-refractivity contribution is 5.95. The van der Waals surface area contributed by atoms with Crippen molar-refractivity contribution in [1.82, 2.24) is 0 Å². The summed E-state index contributed by atoms with van der Waals surface area (Å²) in [7, 11) is 0. The molecule has 0 aliphatic heterocycles. The molecule has 0 heteroatoms. The highest BCUT2D eigenvalue weighted by Gasteiger charge is 2.31. The van der Waals surface area contributed by atoms with E-state index in [1.54, 1.807) is 0 Å². The fourth-order valence-electron chi connectivity index (χ4n) is 3.47. The van der Waals surface area contributed by atoms with E-state index in [0.29, 0.717) is 0 Å². The van der Waals surface area contributed by atoms with Crippen molar-refractivity contribution in [2.75, 3.05) is 0 Å². The second kappa shape index (κ2) is 6.37. The number of benzene rings is 2. The summed E-state index contributed by atoms with van der Waals surface area (Å²) in [5, 5.41) is 2.51. The maximum absolute atomic E-state index is 3.39. The Morgan fingerprint density at radius 3 is 1.54 bits per heavy atom. The number of hydrogen-bond donors (Lipinski definition) is 0. The molecule has 124 valence electrons. The molecular weight excluding hydrogens is 288 g/mol. The minimum atomic E-state index is -0.00397. The van der Waals surface area contributed by atoms with E-state index < -0.39 is 0 Å². The van der Waals surface area contributed by atoms with Gasteiger partial charge in [0.2, 0.25) is 0 Å². The van der Waals surface area contributed by atoms with Crippen molar-refractivity contribution in [2.24, 2.45) is 0 Å². The van der Waals surface area contributed by atoms with Crippen molar-refractivity contribution in [3.8, 4) is 23.7 Å². The van der Waals surface area contributed by atoms with E-state index in [4.69, 9.17) is 0 Å². The van der Waals surface area contributed by atoms with Crippen LogP contribution in [0.25, 0.3) is 10.8 Å². The highest BCUT2D eigenvalue weighted by atomic mass is 14.3. The average Bonchev–Trinajstić information content (AvgIpc) is 2.46. The molecule has 2 rings (SSSR count). The van der Waals surface area contributed by atoms with Crippen molar-refractivity contribution >= 4 is 10.8 Å². The third-order valence-electron chi connectivity index (χ3n) is 4.22. The zero-order valence-corrected chi connectivity index (χ0v) is 16.3. The second-order valence-corrected chi connectivity index (χ2v) is 8.30. The van der Waals surface area contributed by atoms with Gasteiger partial charge in [-0.15, -0.1) is 11.8 Å². The van der Waals surface area contributed by atoms with E-state index in [9.17, 15) is 0 Å². The number of fused-ring (bicyclic) bond motifs is 1. The Morgan fingerprint density at radius 1 is 0.625 bits per heavy atom. The first-order chi connectivity index (χ1) is 11.1. The molecule has 0 N–H and O–H groups in total. The summed E-state index contributed by atoms with van der Waals surface area (Å²) < 4.78 is 0. The molecule has 0 atom stereocenters. The SMILES string of the molecule is CC#Cc1c(C(C)(C)C)c(C(C)(C)C)c2ccccc2c1C#CC. The van der Waals surface area contributed by atoms with Crippen LogP contribution in [0, 0.1) is 23.7 Å². The molecule has 0 fully saturated rings. The van der Waals surface area contributed by atoms with Crippen molar-refractivity contribution in [1.29, 1.82) is 0 Å². The fourth-order valence-corrected chi connectivity index (χ4v) is 3.47. The van der Waals surface area contributed by atoms with Crippen LogP contribution >= 0.6 is 0 Å². The van der Waals surface area contributed by atoms with Crippen LogP contribution in [0.5, 0.6) is 0 Å². The van der Waals surface area contributed by atoms with E-state index in [2.05, 4.69) is 89.5 Å². The van der Waals surface area contributed by atoms with Crippen LogP contribution in [0.4, 0.5) is 0 Å². The molecule has 0 aromatic heterocycles. The molecule has 0 saturated heterocycles. The first-order valence-electron chi connectivity index (χ1n) is 8.58. The quantitative estimate of drug-likeness (QED) is 0.509. The van der Waals surface area contributed by atoms with Gasteiger partial charge in [-0.25, -0.2) is 0 Å². The number of rotatable bonds is 0. The van der Waals surface area contributed by atoms with E-state index in [1.807, 2.05) is 13.8 Å². The zero-order chi connectivity index (χ0) is 18.1. The Bertz CT molecular complexity index is 889. The van der Waals surface area contributed by atoms with Gasteiger partial charge in [0.25, 0.3) is 0 Å². The van der Waals surface area contributed by atoms with Crippen LogP contribution in [0.15, 0.2) is 24.3 Å². The Kier molecular flexibility index (Phi) is 4.82. The predicted octanol–water partition coefficient (Wildman–Crippen LogP) is 6.18. The van der Waals surface area contributed by atoms with Gasteiger partial charge < -0.3 is 0 Å². The third kappa shape index (κ3) is 3.20. The minimum absolute atomic E-state index is 0.00397. The van der Waals surface area contributed by atoms with Gasteiger partial charge >= 0.3 is 0 Å². The van der Waals surface area contributed by atoms with Crippen LogP contribution in [-0.2, 0) is 10.8 Å². The Balaban J connectivity index is 3.26. The summed E-state index contributed by atoms with van der Waals surface area (Å²) >= 11 is 0. The molecule has 0 bridgehead atoms. The van der Waals surface area contributed by atoms with E-state index in [1.165, 1.54) is 21.9 Å². The van der Waals surface area contributed by atoms with Crippen LogP contribution in [0.3, 0.4) is 0 Å². The third-order valence-corrected chi connectivity index (χ3v) is 4.22. The molecule has 0 aliphatic carbocycles.